The van der Waals surface area contributed by atoms with Crippen molar-refractivity contribution in [1.82, 2.24) is 0 Å². The molecule has 0 bridgehead atoms. The van der Waals surface area contributed by atoms with E-state index >= 15 is 0 Å². The van der Waals surface area contributed by atoms with E-state index in [1.165, 1.54) is 10.5 Å². The number of nitrogens with zero attached hydrogens (tertiary/aromatic N) is 6. The molecule has 0 fully saturated rings. The standard InChI is InChI=1S/C21H27F3O3.C18H31NO2.C18H27NO2.C12H12BrF3O2.C9H10BrClO.C9H10BrN3O.C9H16O.C2H6O.CH3F.CH2O3.CH4.2K.N3.Na.H/c1-3-11-20(27,12-4-2)13-10-16-6-5-7-17(14-16)15-18(25)8-9-19(26)21(22,23)24;2*1-3-9-18(21,10-4-2)11-8-15-6-5-7-16(12-15)13-17(20)14-19;13-9-3-1-2-8(6-9)7-10(17)4-5-11(18)12(14,15)16;10-8-3-1-2-7(4-8)5-9(12)6-11;10-8-3-1-2-7(4-8)5-9(14)6-12-13-11;1-4-7-9(10,6-3)8-5-2;1-2-3;1-2;2-1-4-3;;;;1-3-2;;/h5-7,14,18,25,27H,3-4,8-9,11-12,15H2,1-2H3;5-7,12,17,20-21H,3-4,8-11,13-14,19H2,1-2H3;5-7,12,17,20-21H,3-4,9-10,13-14,19H2,1-2H3;1-3,6,10,17H,4-5,7H2;1-4,9,12H,5-6H2;1-4,9,14H,5-6H2;3,10H,4-5,7-8H2,1-2H3;3H,2H2,1H3;1H3;1,3H;1H4;;;;;/q;;;;;;;;;;;2*+1;-1;+1;-1/p-1/i;;;;;;;;1D;;;;;;;. The molecule has 0 saturated heterocycles. The molecule has 6 unspecified atom stereocenters. The van der Waals surface area contributed by atoms with Gasteiger partial charge in [0.15, 0.2) is 0 Å². The molecule has 0 aliphatic heterocycles. The van der Waals surface area contributed by atoms with Crippen molar-refractivity contribution in [2.75, 3.05) is 39.3 Å². The maximum absolute atomic E-state index is 12.2. The second kappa shape index (κ2) is 94.1. The Morgan fingerprint density at radius 2 is 0.777 bits per heavy atom. The van der Waals surface area contributed by atoms with Gasteiger partial charge in [-0.15, -0.1) is 18.0 Å². The SMILES string of the molecule is C.C#CC(O)(CCC)CCC.CCCC(O)(C#Cc1cccc(CC(O)CCC(=O)C(F)(F)F)c1)CCC.CCCC(O)(C#Cc1cccc(CC(O)CN)c1)CCC.CCCC(O)(CCC)CCc1cccc(CC(O)CN)c1.CCO.O=C(CCC(O)Cc1cccc(Br)c1)C(F)(F)F.O=CO[O-].OC(CCl)Cc1cccc(Br)c1.[2H]CF.[H-].[K+].[K+].[N-]=[N+]=NCC(O)Cc1cccc(Br)c1.[N-]=[N+]=[N-].[Na+]. The average molecular weight is 2240 g/mol. The molecule has 0 aliphatic rings. The number of Topliss-reactive ketones (excluding diaryl/α,β-unsaturated/α-hetero) is 2. The van der Waals surface area contributed by atoms with E-state index in [2.05, 4.69) is 132 Å². The van der Waals surface area contributed by atoms with Crippen molar-refractivity contribution < 1.29 is 247 Å². The molecule has 0 amide bonds. The molecule has 0 aromatic heterocycles. The van der Waals surface area contributed by atoms with Crippen LogP contribution in [0.5, 0.6) is 0 Å². The van der Waals surface area contributed by atoms with Crippen LogP contribution in [0, 0.1) is 36.0 Å². The monoisotopic (exact) mass is 2240 g/mol. The molecule has 139 heavy (non-hydrogen) atoms. The predicted molar refractivity (Wildman–Crippen MR) is 538 cm³/mol. The zero-order valence-corrected chi connectivity index (χ0v) is 95.7. The molecule has 15 N–H and O–H groups in total. The summed E-state index contributed by atoms with van der Waals surface area (Å²) in [5.74, 6) is 11.1. The van der Waals surface area contributed by atoms with Crippen LogP contribution < -0.4 is 149 Å². The average Bonchev–Trinajstić information content (AvgIpc) is 0.871. The van der Waals surface area contributed by atoms with Gasteiger partial charge in [0.1, 0.15) is 16.8 Å². The molecule has 6 aromatic rings. The first-order chi connectivity index (χ1) is 64.2. The quantitative estimate of drug-likeness (QED) is 0.00162. The van der Waals surface area contributed by atoms with E-state index in [-0.39, 0.29) is 205 Å². The van der Waals surface area contributed by atoms with Gasteiger partial charge in [-0.2, -0.15) is 26.3 Å². The Kier molecular flexibility index (Phi) is 102. The van der Waals surface area contributed by atoms with Crippen molar-refractivity contribution >= 4 is 77.4 Å². The maximum Gasteiger partial charge on any atom is 1.00 e. The van der Waals surface area contributed by atoms with E-state index in [1.807, 2.05) is 119 Å². The molecule has 24 nitrogen and oxygen atoms in total. The first-order valence-electron chi connectivity index (χ1n) is 45.3. The van der Waals surface area contributed by atoms with Gasteiger partial charge in [-0.25, -0.2) is 0 Å². The fourth-order valence-electron chi connectivity index (χ4n) is 12.9. The number of halogens is 11. The van der Waals surface area contributed by atoms with Crippen LogP contribution in [0.2, 0.25) is 0 Å². The number of aliphatic hydroxyl groups is 11. The summed E-state index contributed by atoms with van der Waals surface area (Å²) in [5.41, 5.74) is 37.7. The van der Waals surface area contributed by atoms with Gasteiger partial charge >= 0.3 is 145 Å². The van der Waals surface area contributed by atoms with Crippen molar-refractivity contribution in [3.63, 3.8) is 0 Å². The number of benzene rings is 6. The number of carbonyl (C=O) groups is 3. The minimum absolute atomic E-state index is 0. The Labute approximate surface area is 961 Å². The zero-order valence-electron chi connectivity index (χ0n) is 84.0. The number of hydrogen-bond donors (Lipinski definition) is 13. The molecule has 768 valence electrons. The normalized spacial score (nSPS) is 11.8. The van der Waals surface area contributed by atoms with E-state index in [0.29, 0.717) is 62.5 Å². The summed E-state index contributed by atoms with van der Waals surface area (Å²) in [6.07, 6.45) is 6.98. The Hall–Kier alpha value is -3.62. The number of aliphatic hydroxyl groups excluding tert-OH is 7. The summed E-state index contributed by atoms with van der Waals surface area (Å²) in [6, 6.07) is 45.6. The van der Waals surface area contributed by atoms with Crippen LogP contribution in [0.15, 0.2) is 164 Å². The summed E-state index contributed by atoms with van der Waals surface area (Å²) >= 11 is 15.4. The van der Waals surface area contributed by atoms with Gasteiger partial charge in [0.05, 0.1) is 57.3 Å². The number of rotatable bonds is 43. The largest absolute Gasteiger partial charge is 1.00 e. The molecule has 6 rings (SSSR count). The fraction of sp³-hybridized carbons (Fsp3) is 0.554. The number of nitrogens with two attached hydrogens (primary N) is 2. The molecular formula is C101H148Br3ClF7K2N8NaO16. The van der Waals surface area contributed by atoms with E-state index in [0.717, 1.165) is 137 Å². The minimum Gasteiger partial charge on any atom is -1.00 e. The molecule has 0 heterocycles. The van der Waals surface area contributed by atoms with Crippen LogP contribution in [0.25, 0.3) is 26.4 Å². The summed E-state index contributed by atoms with van der Waals surface area (Å²) in [4.78, 5) is 36.9. The second-order valence-corrected chi connectivity index (χ2v) is 34.3. The van der Waals surface area contributed by atoms with Gasteiger partial charge in [0.25, 0.3) is 6.47 Å². The minimum atomic E-state index is -4.86. The molecule has 38 heteroatoms. The molecule has 0 saturated carbocycles. The third-order valence-corrected chi connectivity index (χ3v) is 20.8. The number of ketones is 2. The van der Waals surface area contributed by atoms with Crippen molar-refractivity contribution in [1.29, 1.82) is 0 Å². The van der Waals surface area contributed by atoms with E-state index < -0.39 is 103 Å². The van der Waals surface area contributed by atoms with Gasteiger partial charge in [-0.3, -0.25) is 23.7 Å². The number of carbonyl (C=O) groups excluding carboxylic acids is 3. The summed E-state index contributed by atoms with van der Waals surface area (Å²) in [7, 11) is -1.00. The van der Waals surface area contributed by atoms with E-state index in [9.17, 15) is 91.4 Å². The van der Waals surface area contributed by atoms with E-state index in [1.54, 1.807) is 49.4 Å². The van der Waals surface area contributed by atoms with Crippen molar-refractivity contribution in [3.05, 3.63) is 235 Å². The Morgan fingerprint density at radius 3 is 1.05 bits per heavy atom. The Bertz CT molecular complexity index is 4410. The topological polar surface area (TPSA) is 466 Å². The first-order valence-corrected chi connectivity index (χ1v) is 47.5. The van der Waals surface area contributed by atoms with Crippen molar-refractivity contribution in [2.24, 2.45) is 16.6 Å². The van der Waals surface area contributed by atoms with Gasteiger partial charge < -0.3 is 90.3 Å². The number of terminal acetylenes is 1. The molecular weight excluding hydrogens is 2090 g/mol. The van der Waals surface area contributed by atoms with Gasteiger partial charge in [0, 0.05) is 67.9 Å². The Morgan fingerprint density at radius 1 is 0.511 bits per heavy atom. The molecule has 0 radical (unpaired) electrons. The second-order valence-electron chi connectivity index (χ2n) is 31.3. The Balaban J connectivity index is -0.000000175. The zero-order chi connectivity index (χ0) is 105. The summed E-state index contributed by atoms with van der Waals surface area (Å²) in [5, 5.41) is 118. The summed E-state index contributed by atoms with van der Waals surface area (Å²) < 4.78 is 90.8. The van der Waals surface area contributed by atoms with Crippen LogP contribution in [0.4, 0.5) is 30.7 Å². The maximum atomic E-state index is 12.2. The van der Waals surface area contributed by atoms with Gasteiger partial charge in [-0.05, 0) is 228 Å². The van der Waals surface area contributed by atoms with Gasteiger partial charge in [0.2, 0.25) is 11.6 Å². The third-order valence-electron chi connectivity index (χ3n) is 18.9. The number of azide groups is 1. The summed E-state index contributed by atoms with van der Waals surface area (Å²) in [6.45, 7) is 18.8. The van der Waals surface area contributed by atoms with Crippen LogP contribution in [-0.2, 0) is 64.2 Å². The predicted octanol–water partition coefficient (Wildman–Crippen LogP) is 11.3. The first kappa shape index (κ1) is 151. The van der Waals surface area contributed by atoms with Crippen LogP contribution in [0.1, 0.15) is 257 Å². The number of alkyl halides is 8. The number of hydrogen-bond acceptors (Lipinski definition) is 19. The molecule has 6 aromatic carbocycles. The van der Waals surface area contributed by atoms with E-state index in [4.69, 9.17) is 62.6 Å². The van der Waals surface area contributed by atoms with Crippen LogP contribution in [-0.4, -0.2) is 185 Å². The smallest absolute Gasteiger partial charge is 1.00 e. The van der Waals surface area contributed by atoms with Crippen molar-refractivity contribution in [2.45, 2.75) is 321 Å². The van der Waals surface area contributed by atoms with Crippen molar-refractivity contribution in [3.8, 4) is 36.0 Å². The number of aryl methyl sites for hydroxylation is 1. The molecule has 0 aliphatic carbocycles. The van der Waals surface area contributed by atoms with Crippen LogP contribution in [0.3, 0.4) is 0 Å². The van der Waals surface area contributed by atoms with Crippen LogP contribution >= 0.6 is 59.4 Å². The fourth-order valence-corrected chi connectivity index (χ4v) is 14.3. The molecule has 6 atom stereocenters. The third kappa shape index (κ3) is 85.1. The van der Waals surface area contributed by atoms with Gasteiger partial charge in [-0.1, -0.05) is 282 Å². The molecule has 0 spiro atoms.